The SMILES string of the molecule is COc1c(C)cc(Br)cc1-c1cc(N)on1. The van der Waals surface area contributed by atoms with Gasteiger partial charge in [-0.25, -0.2) is 0 Å². The van der Waals surface area contributed by atoms with Crippen molar-refractivity contribution >= 4 is 21.8 Å². The molecule has 1 aromatic carbocycles. The summed E-state index contributed by atoms with van der Waals surface area (Å²) in [5.74, 6) is 1.06. The van der Waals surface area contributed by atoms with E-state index in [-0.39, 0.29) is 5.88 Å². The summed E-state index contributed by atoms with van der Waals surface area (Å²) in [6.45, 7) is 1.97. The highest BCUT2D eigenvalue weighted by atomic mass is 79.9. The van der Waals surface area contributed by atoms with Gasteiger partial charge in [0.15, 0.2) is 0 Å². The van der Waals surface area contributed by atoms with Crippen molar-refractivity contribution in [1.82, 2.24) is 5.16 Å². The first-order valence-corrected chi connectivity index (χ1v) is 5.48. The van der Waals surface area contributed by atoms with Crippen LogP contribution in [0.25, 0.3) is 11.3 Å². The van der Waals surface area contributed by atoms with Crippen molar-refractivity contribution in [2.24, 2.45) is 0 Å². The number of benzene rings is 1. The van der Waals surface area contributed by atoms with E-state index in [9.17, 15) is 0 Å². The van der Waals surface area contributed by atoms with Gasteiger partial charge in [0.25, 0.3) is 0 Å². The number of nitrogen functional groups attached to an aromatic ring is 1. The number of halogens is 1. The Labute approximate surface area is 102 Å². The number of rotatable bonds is 2. The van der Waals surface area contributed by atoms with Crippen LogP contribution in [0.2, 0.25) is 0 Å². The first-order chi connectivity index (χ1) is 7.61. The highest BCUT2D eigenvalue weighted by Crippen LogP contribution is 2.35. The largest absolute Gasteiger partial charge is 0.496 e. The Morgan fingerprint density at radius 2 is 2.12 bits per heavy atom. The molecule has 0 atom stereocenters. The Balaban J connectivity index is 2.63. The van der Waals surface area contributed by atoms with Crippen molar-refractivity contribution < 1.29 is 9.26 Å². The number of ether oxygens (including phenoxy) is 1. The van der Waals surface area contributed by atoms with Crippen LogP contribution in [0.4, 0.5) is 5.88 Å². The monoisotopic (exact) mass is 282 g/mol. The van der Waals surface area contributed by atoms with Crippen LogP contribution in [0.15, 0.2) is 27.2 Å². The van der Waals surface area contributed by atoms with Gasteiger partial charge in [-0.2, -0.15) is 0 Å². The Morgan fingerprint density at radius 1 is 1.38 bits per heavy atom. The van der Waals surface area contributed by atoms with E-state index in [1.807, 2.05) is 19.1 Å². The summed E-state index contributed by atoms with van der Waals surface area (Å²) in [5, 5.41) is 3.88. The highest BCUT2D eigenvalue weighted by Gasteiger charge is 2.13. The lowest BCUT2D eigenvalue weighted by Crippen LogP contribution is -1.91. The number of methoxy groups -OCH3 is 1. The fourth-order valence-corrected chi connectivity index (χ4v) is 2.18. The van der Waals surface area contributed by atoms with Gasteiger partial charge in [0.1, 0.15) is 11.4 Å². The third kappa shape index (κ3) is 1.90. The van der Waals surface area contributed by atoms with E-state index in [4.69, 9.17) is 15.0 Å². The van der Waals surface area contributed by atoms with Crippen LogP contribution in [-0.4, -0.2) is 12.3 Å². The topological polar surface area (TPSA) is 61.3 Å². The molecule has 2 rings (SSSR count). The number of hydrogen-bond donors (Lipinski definition) is 1. The van der Waals surface area contributed by atoms with Crippen LogP contribution in [0, 0.1) is 6.92 Å². The summed E-state index contributed by atoms with van der Waals surface area (Å²) in [4.78, 5) is 0. The maximum atomic E-state index is 5.50. The van der Waals surface area contributed by atoms with Crippen molar-refractivity contribution in [3.8, 4) is 17.0 Å². The molecular formula is C11H11BrN2O2. The summed E-state index contributed by atoms with van der Waals surface area (Å²) in [6.07, 6.45) is 0. The summed E-state index contributed by atoms with van der Waals surface area (Å²) in [5.41, 5.74) is 8.05. The van der Waals surface area contributed by atoms with Gasteiger partial charge in [0.2, 0.25) is 5.88 Å². The lowest BCUT2D eigenvalue weighted by atomic mass is 10.1. The fraction of sp³-hybridized carbons (Fsp3) is 0.182. The quantitative estimate of drug-likeness (QED) is 0.920. The van der Waals surface area contributed by atoms with Crippen LogP contribution >= 0.6 is 15.9 Å². The van der Waals surface area contributed by atoms with Crippen molar-refractivity contribution in [1.29, 1.82) is 0 Å². The number of aromatic nitrogens is 1. The van der Waals surface area contributed by atoms with Gasteiger partial charge in [0, 0.05) is 16.1 Å². The molecule has 0 saturated heterocycles. The van der Waals surface area contributed by atoms with Crippen LogP contribution < -0.4 is 10.5 Å². The first kappa shape index (κ1) is 11.0. The molecule has 0 aliphatic rings. The van der Waals surface area contributed by atoms with Crippen LogP contribution in [0.3, 0.4) is 0 Å². The second kappa shape index (κ2) is 4.17. The minimum Gasteiger partial charge on any atom is -0.496 e. The molecule has 0 bridgehead atoms. The molecule has 84 valence electrons. The predicted octanol–water partition coefficient (Wildman–Crippen LogP) is 3.00. The molecule has 0 aliphatic heterocycles. The van der Waals surface area contributed by atoms with E-state index >= 15 is 0 Å². The zero-order chi connectivity index (χ0) is 11.7. The zero-order valence-electron chi connectivity index (χ0n) is 8.95. The molecule has 2 N–H and O–H groups in total. The van der Waals surface area contributed by atoms with Gasteiger partial charge in [-0.05, 0) is 24.6 Å². The molecule has 2 aromatic rings. The number of anilines is 1. The minimum absolute atomic E-state index is 0.287. The lowest BCUT2D eigenvalue weighted by molar-refractivity contribution is 0.411. The van der Waals surface area contributed by atoms with Crippen molar-refractivity contribution in [3.63, 3.8) is 0 Å². The molecule has 0 saturated carbocycles. The van der Waals surface area contributed by atoms with Gasteiger partial charge >= 0.3 is 0 Å². The van der Waals surface area contributed by atoms with E-state index in [0.717, 1.165) is 21.3 Å². The van der Waals surface area contributed by atoms with E-state index in [0.29, 0.717) is 5.69 Å². The molecule has 5 heteroatoms. The lowest BCUT2D eigenvalue weighted by Gasteiger charge is -2.09. The summed E-state index contributed by atoms with van der Waals surface area (Å²) in [7, 11) is 1.63. The van der Waals surface area contributed by atoms with Crippen LogP contribution in [0.5, 0.6) is 5.75 Å². The number of aryl methyl sites for hydroxylation is 1. The molecular weight excluding hydrogens is 272 g/mol. The van der Waals surface area contributed by atoms with E-state index < -0.39 is 0 Å². The second-order valence-electron chi connectivity index (χ2n) is 3.42. The number of nitrogens with zero attached hydrogens (tertiary/aromatic N) is 1. The average molecular weight is 283 g/mol. The van der Waals surface area contributed by atoms with Crippen molar-refractivity contribution in [3.05, 3.63) is 28.2 Å². The Kier molecular flexibility index (Phi) is 2.87. The van der Waals surface area contributed by atoms with Crippen molar-refractivity contribution in [2.75, 3.05) is 12.8 Å². The molecule has 16 heavy (non-hydrogen) atoms. The molecule has 0 aliphatic carbocycles. The van der Waals surface area contributed by atoms with Gasteiger partial charge in [-0.1, -0.05) is 21.1 Å². The van der Waals surface area contributed by atoms with E-state index in [1.165, 1.54) is 0 Å². The van der Waals surface area contributed by atoms with E-state index in [2.05, 4.69) is 21.1 Å². The van der Waals surface area contributed by atoms with Gasteiger partial charge in [-0.3, -0.25) is 0 Å². The molecule has 0 unspecified atom stereocenters. The Morgan fingerprint density at radius 3 is 2.69 bits per heavy atom. The molecule has 4 nitrogen and oxygen atoms in total. The molecule has 0 radical (unpaired) electrons. The maximum Gasteiger partial charge on any atom is 0.222 e. The molecule has 0 amide bonds. The van der Waals surface area contributed by atoms with Crippen LogP contribution in [-0.2, 0) is 0 Å². The summed E-state index contributed by atoms with van der Waals surface area (Å²) >= 11 is 3.44. The highest BCUT2D eigenvalue weighted by molar-refractivity contribution is 9.10. The molecule has 1 heterocycles. The smallest absolute Gasteiger partial charge is 0.222 e. The van der Waals surface area contributed by atoms with E-state index in [1.54, 1.807) is 13.2 Å². The third-order valence-corrected chi connectivity index (χ3v) is 2.71. The predicted molar refractivity (Wildman–Crippen MR) is 65.3 cm³/mol. The molecule has 1 aromatic heterocycles. The Hall–Kier alpha value is -1.49. The first-order valence-electron chi connectivity index (χ1n) is 4.68. The fourth-order valence-electron chi connectivity index (χ4n) is 1.61. The van der Waals surface area contributed by atoms with Gasteiger partial charge in [0.05, 0.1) is 7.11 Å². The molecule has 0 spiro atoms. The van der Waals surface area contributed by atoms with Gasteiger partial charge < -0.3 is 15.0 Å². The normalized spacial score (nSPS) is 10.4. The van der Waals surface area contributed by atoms with Crippen LogP contribution in [0.1, 0.15) is 5.56 Å². The van der Waals surface area contributed by atoms with Crippen molar-refractivity contribution in [2.45, 2.75) is 6.92 Å². The van der Waals surface area contributed by atoms with Gasteiger partial charge in [-0.15, -0.1) is 0 Å². The molecule has 0 fully saturated rings. The number of hydrogen-bond acceptors (Lipinski definition) is 4. The Bertz CT molecular complexity index is 523. The average Bonchev–Trinajstić information content (AvgIpc) is 2.63. The second-order valence-corrected chi connectivity index (χ2v) is 4.33. The maximum absolute atomic E-state index is 5.50. The standard InChI is InChI=1S/C11H11BrN2O2/c1-6-3-7(12)4-8(11(6)15-2)9-5-10(13)16-14-9/h3-5H,13H2,1-2H3. The summed E-state index contributed by atoms with van der Waals surface area (Å²) in [6, 6.07) is 5.57. The number of nitrogens with two attached hydrogens (primary N) is 1. The zero-order valence-corrected chi connectivity index (χ0v) is 10.5. The third-order valence-electron chi connectivity index (χ3n) is 2.25. The summed E-state index contributed by atoms with van der Waals surface area (Å²) < 4.78 is 11.2. The minimum atomic E-state index is 0.287.